The number of halogens is 3. The van der Waals surface area contributed by atoms with Gasteiger partial charge in [0.1, 0.15) is 10.9 Å². The van der Waals surface area contributed by atoms with Crippen LogP contribution in [0.3, 0.4) is 0 Å². The van der Waals surface area contributed by atoms with Crippen molar-refractivity contribution in [3.63, 3.8) is 0 Å². The van der Waals surface area contributed by atoms with Crippen molar-refractivity contribution in [2.75, 3.05) is 0 Å². The number of imide groups is 1. The lowest BCUT2D eigenvalue weighted by Gasteiger charge is -2.18. The fourth-order valence-corrected chi connectivity index (χ4v) is 5.36. The second-order valence-corrected chi connectivity index (χ2v) is 9.88. The van der Waals surface area contributed by atoms with Gasteiger partial charge in [-0.1, -0.05) is 60.4 Å². The number of hydrogen-bond acceptors (Lipinski definition) is 4. The first-order valence-electron chi connectivity index (χ1n) is 10.1. The average molecular weight is 527 g/mol. The zero-order chi connectivity index (χ0) is 24.3. The van der Waals surface area contributed by atoms with Crippen LogP contribution in [-0.2, 0) is 13.1 Å². The van der Waals surface area contributed by atoms with Crippen molar-refractivity contribution in [1.29, 1.82) is 0 Å². The Morgan fingerprint density at radius 1 is 1.06 bits per heavy atom. The Balaban J connectivity index is 2.00. The molecule has 33 heavy (non-hydrogen) atoms. The van der Waals surface area contributed by atoms with Crippen LogP contribution >= 0.6 is 46.6 Å². The molecule has 0 fully saturated rings. The normalized spacial score (nSPS) is 11.1. The lowest BCUT2D eigenvalue weighted by Crippen LogP contribution is -2.36. The standard InChI is InChI=1S/C23H22Cl3N3O3S/c1-4-28-19(12-29(23(31)32)21(30)14-5-7-15(24)8-6-14)27-20(13(2)3)22(28)33-18-10-16(25)9-17(26)11-18/h5-11,13H,4,12H2,1-3H3,(H,31,32). The van der Waals surface area contributed by atoms with Crippen LogP contribution in [0.5, 0.6) is 0 Å². The Morgan fingerprint density at radius 2 is 1.67 bits per heavy atom. The molecule has 174 valence electrons. The molecule has 1 heterocycles. The van der Waals surface area contributed by atoms with E-state index in [-0.39, 0.29) is 18.0 Å². The van der Waals surface area contributed by atoms with Gasteiger partial charge in [-0.05, 0) is 55.3 Å². The minimum Gasteiger partial charge on any atom is -0.465 e. The predicted molar refractivity (Wildman–Crippen MR) is 132 cm³/mol. The second kappa shape index (κ2) is 10.8. The number of aromatic nitrogens is 2. The van der Waals surface area contributed by atoms with Crippen molar-refractivity contribution >= 4 is 58.6 Å². The van der Waals surface area contributed by atoms with Crippen LogP contribution in [0, 0.1) is 0 Å². The highest BCUT2D eigenvalue weighted by molar-refractivity contribution is 7.99. The highest BCUT2D eigenvalue weighted by atomic mass is 35.5. The summed E-state index contributed by atoms with van der Waals surface area (Å²) in [6.07, 6.45) is -1.36. The number of benzene rings is 2. The Hall–Kier alpha value is -2.19. The lowest BCUT2D eigenvalue weighted by atomic mass is 10.1. The maximum absolute atomic E-state index is 12.9. The topological polar surface area (TPSA) is 75.4 Å². The second-order valence-electron chi connectivity index (χ2n) is 7.51. The maximum atomic E-state index is 12.9. The summed E-state index contributed by atoms with van der Waals surface area (Å²) >= 11 is 19.7. The molecule has 0 aliphatic heterocycles. The molecular weight excluding hydrogens is 505 g/mol. The van der Waals surface area contributed by atoms with Gasteiger partial charge in [-0.15, -0.1) is 0 Å². The molecule has 6 nitrogen and oxygen atoms in total. The first-order chi connectivity index (χ1) is 15.6. The maximum Gasteiger partial charge on any atom is 0.414 e. The van der Waals surface area contributed by atoms with Gasteiger partial charge in [0, 0.05) is 32.1 Å². The molecular formula is C23H22Cl3N3O3S. The third-order valence-electron chi connectivity index (χ3n) is 4.81. The summed E-state index contributed by atoms with van der Waals surface area (Å²) in [4.78, 5) is 31.2. The third-order valence-corrected chi connectivity index (χ3v) is 6.59. The Bertz CT molecular complexity index is 1160. The van der Waals surface area contributed by atoms with Crippen molar-refractivity contribution in [1.82, 2.24) is 14.5 Å². The first-order valence-corrected chi connectivity index (χ1v) is 12.1. The van der Waals surface area contributed by atoms with E-state index in [1.807, 2.05) is 37.5 Å². The number of carbonyl (C=O) groups excluding carboxylic acids is 1. The van der Waals surface area contributed by atoms with Gasteiger partial charge in [0.05, 0.1) is 12.2 Å². The summed E-state index contributed by atoms with van der Waals surface area (Å²) in [7, 11) is 0. The van der Waals surface area contributed by atoms with E-state index in [2.05, 4.69) is 0 Å². The molecule has 0 saturated carbocycles. The largest absolute Gasteiger partial charge is 0.465 e. The van der Waals surface area contributed by atoms with Crippen molar-refractivity contribution in [3.05, 3.63) is 74.6 Å². The van der Waals surface area contributed by atoms with Gasteiger partial charge >= 0.3 is 6.09 Å². The molecule has 0 unspecified atom stereocenters. The van der Waals surface area contributed by atoms with Gasteiger partial charge in [0.25, 0.3) is 5.91 Å². The number of hydrogen-bond donors (Lipinski definition) is 1. The minimum absolute atomic E-state index is 0.0685. The van der Waals surface area contributed by atoms with E-state index >= 15 is 0 Å². The molecule has 0 bridgehead atoms. The van der Waals surface area contributed by atoms with Crippen LogP contribution in [0.2, 0.25) is 15.1 Å². The fourth-order valence-electron chi connectivity index (χ4n) is 3.25. The van der Waals surface area contributed by atoms with Crippen LogP contribution in [0.4, 0.5) is 4.79 Å². The number of carbonyl (C=O) groups is 2. The van der Waals surface area contributed by atoms with E-state index in [1.54, 1.807) is 18.2 Å². The van der Waals surface area contributed by atoms with Crippen molar-refractivity contribution < 1.29 is 14.7 Å². The first kappa shape index (κ1) is 25.4. The molecule has 0 atom stereocenters. The molecule has 10 heteroatoms. The number of rotatable bonds is 7. The number of nitrogens with zero attached hydrogens (tertiary/aromatic N) is 3. The number of amides is 2. The predicted octanol–water partition coefficient (Wildman–Crippen LogP) is 7.46. The molecule has 0 spiro atoms. The Labute approximate surface area is 211 Å². The van der Waals surface area contributed by atoms with E-state index in [1.165, 1.54) is 23.9 Å². The molecule has 3 aromatic rings. The molecule has 2 amide bonds. The van der Waals surface area contributed by atoms with Gasteiger partial charge in [-0.3, -0.25) is 4.79 Å². The van der Waals surface area contributed by atoms with Crippen LogP contribution in [0.1, 0.15) is 48.6 Å². The number of imidazole rings is 1. The van der Waals surface area contributed by atoms with Gasteiger partial charge < -0.3 is 9.67 Å². The highest BCUT2D eigenvalue weighted by Crippen LogP contribution is 2.37. The average Bonchev–Trinajstić information content (AvgIpc) is 3.08. The Kier molecular flexibility index (Phi) is 8.34. The SMILES string of the molecule is CCn1c(CN(C(=O)O)C(=O)c2ccc(Cl)cc2)nc(C(C)C)c1Sc1cc(Cl)cc(Cl)c1. The molecule has 0 radical (unpaired) electrons. The zero-order valence-electron chi connectivity index (χ0n) is 18.2. The van der Waals surface area contributed by atoms with Crippen molar-refractivity contribution in [2.45, 2.75) is 49.7 Å². The molecule has 0 aliphatic carbocycles. The van der Waals surface area contributed by atoms with Crippen LogP contribution in [0.15, 0.2) is 52.4 Å². The van der Waals surface area contributed by atoms with Crippen molar-refractivity contribution in [2.24, 2.45) is 0 Å². The summed E-state index contributed by atoms with van der Waals surface area (Å²) in [6.45, 7) is 6.30. The molecule has 3 rings (SSSR count). The lowest BCUT2D eigenvalue weighted by molar-refractivity contribution is 0.0723. The Morgan fingerprint density at radius 3 is 2.18 bits per heavy atom. The van der Waals surface area contributed by atoms with Crippen LogP contribution in [-0.4, -0.2) is 31.6 Å². The minimum atomic E-state index is -1.36. The van der Waals surface area contributed by atoms with Crippen molar-refractivity contribution in [3.8, 4) is 0 Å². The smallest absolute Gasteiger partial charge is 0.414 e. The summed E-state index contributed by atoms with van der Waals surface area (Å²) in [6, 6.07) is 11.4. The fraction of sp³-hybridized carbons (Fsp3) is 0.261. The van der Waals surface area contributed by atoms with Crippen LogP contribution in [0.25, 0.3) is 0 Å². The molecule has 0 aliphatic rings. The van der Waals surface area contributed by atoms with Gasteiger partial charge in [0.15, 0.2) is 0 Å². The highest BCUT2D eigenvalue weighted by Gasteiger charge is 2.27. The van der Waals surface area contributed by atoms with E-state index in [0.717, 1.165) is 20.5 Å². The van der Waals surface area contributed by atoms with Crippen LogP contribution < -0.4 is 0 Å². The van der Waals surface area contributed by atoms with E-state index < -0.39 is 12.0 Å². The molecule has 0 saturated heterocycles. The van der Waals surface area contributed by atoms with Gasteiger partial charge in [-0.2, -0.15) is 0 Å². The number of carboxylic acid groups (broad SMARTS) is 1. The zero-order valence-corrected chi connectivity index (χ0v) is 21.3. The summed E-state index contributed by atoms with van der Waals surface area (Å²) in [5, 5.41) is 12.1. The van der Waals surface area contributed by atoms with Gasteiger partial charge in [-0.25, -0.2) is 14.7 Å². The van der Waals surface area contributed by atoms with Gasteiger partial charge in [0.2, 0.25) is 0 Å². The van der Waals surface area contributed by atoms with E-state index in [4.69, 9.17) is 39.8 Å². The molecule has 1 N–H and O–H groups in total. The summed E-state index contributed by atoms with van der Waals surface area (Å²) in [5.41, 5.74) is 1.03. The summed E-state index contributed by atoms with van der Waals surface area (Å²) in [5.74, 6) is -0.104. The van der Waals surface area contributed by atoms with E-state index in [9.17, 15) is 14.7 Å². The quantitative estimate of drug-likeness (QED) is 0.346. The summed E-state index contributed by atoms with van der Waals surface area (Å²) < 4.78 is 1.92. The molecule has 1 aromatic heterocycles. The monoisotopic (exact) mass is 525 g/mol. The molecule has 2 aromatic carbocycles. The van der Waals surface area contributed by atoms with E-state index in [0.29, 0.717) is 27.4 Å². The third kappa shape index (κ3) is 6.03.